The lowest BCUT2D eigenvalue weighted by molar-refractivity contribution is -0.126. The third-order valence-corrected chi connectivity index (χ3v) is 3.33. The van der Waals surface area contributed by atoms with Gasteiger partial charge in [0.25, 0.3) is 0 Å². The number of hydrogen-bond acceptors (Lipinski definition) is 4. The van der Waals surface area contributed by atoms with Crippen LogP contribution in [0.25, 0.3) is 0 Å². The maximum Gasteiger partial charge on any atom is 0.237 e. The number of carbonyl (C=O) groups excluding carboxylic acids is 1. The fraction of sp³-hybridized carbons (Fsp3) is 0.667. The second-order valence-corrected chi connectivity index (χ2v) is 4.58. The fourth-order valence-electron chi connectivity index (χ4n) is 2.12. The third-order valence-electron chi connectivity index (χ3n) is 3.33. The van der Waals surface area contributed by atoms with E-state index in [9.17, 15) is 4.79 Å². The first-order chi connectivity index (χ1) is 8.77. The molecule has 0 saturated carbocycles. The lowest BCUT2D eigenvalue weighted by atomic mass is 10.2. The number of H-pyrrole nitrogens is 1. The molecule has 1 saturated heterocycles. The van der Waals surface area contributed by atoms with E-state index in [1.807, 2.05) is 6.92 Å². The van der Waals surface area contributed by atoms with E-state index in [0.29, 0.717) is 6.54 Å². The molecule has 1 aliphatic heterocycles. The van der Waals surface area contributed by atoms with Crippen LogP contribution in [0.15, 0.2) is 12.5 Å². The van der Waals surface area contributed by atoms with Gasteiger partial charge >= 0.3 is 0 Å². The highest BCUT2D eigenvalue weighted by Crippen LogP contribution is 2.01. The van der Waals surface area contributed by atoms with Crippen molar-refractivity contribution < 1.29 is 4.79 Å². The Morgan fingerprint density at radius 1 is 1.56 bits per heavy atom. The van der Waals surface area contributed by atoms with Gasteiger partial charge < -0.3 is 15.6 Å². The summed E-state index contributed by atoms with van der Waals surface area (Å²) in [5.74, 6) is 0.108. The van der Waals surface area contributed by atoms with Crippen LogP contribution in [0.2, 0.25) is 0 Å². The number of carbonyl (C=O) groups is 1. The minimum atomic E-state index is -0.0473. The first kappa shape index (κ1) is 13.0. The van der Waals surface area contributed by atoms with E-state index >= 15 is 0 Å². The van der Waals surface area contributed by atoms with Crippen LogP contribution in [0.1, 0.15) is 12.6 Å². The molecule has 0 aliphatic carbocycles. The van der Waals surface area contributed by atoms with Crippen molar-refractivity contribution in [1.29, 1.82) is 0 Å². The van der Waals surface area contributed by atoms with Gasteiger partial charge in [0.1, 0.15) is 0 Å². The summed E-state index contributed by atoms with van der Waals surface area (Å²) in [5.41, 5.74) is 1.05. The average Bonchev–Trinajstić information content (AvgIpc) is 2.92. The second kappa shape index (κ2) is 6.51. The number of aromatic nitrogens is 2. The molecule has 0 radical (unpaired) electrons. The summed E-state index contributed by atoms with van der Waals surface area (Å²) < 4.78 is 0. The molecular weight excluding hydrogens is 230 g/mol. The second-order valence-electron chi connectivity index (χ2n) is 4.58. The fourth-order valence-corrected chi connectivity index (χ4v) is 2.12. The van der Waals surface area contributed by atoms with Crippen LogP contribution in [0, 0.1) is 0 Å². The van der Waals surface area contributed by atoms with Crippen LogP contribution in [-0.4, -0.2) is 59.5 Å². The van der Waals surface area contributed by atoms with Gasteiger partial charge in [-0.25, -0.2) is 4.98 Å². The minimum absolute atomic E-state index is 0.0473. The number of nitrogens with one attached hydrogen (secondary N) is 3. The smallest absolute Gasteiger partial charge is 0.237 e. The number of amides is 1. The summed E-state index contributed by atoms with van der Waals surface area (Å²) in [5, 5.41) is 6.25. The largest absolute Gasteiger partial charge is 0.354 e. The molecule has 2 rings (SSSR count). The molecule has 1 aromatic heterocycles. The molecule has 0 aromatic carbocycles. The molecule has 1 fully saturated rings. The standard InChI is InChI=1S/C12H21N5O/c1-10(17-6-4-13-5-7-17)12(18)15-3-2-11-8-14-9-16-11/h8-10,13H,2-7H2,1H3,(H,14,16)(H,15,18). The van der Waals surface area contributed by atoms with Crippen molar-refractivity contribution in [2.24, 2.45) is 0 Å². The van der Waals surface area contributed by atoms with Gasteiger partial charge in [-0.15, -0.1) is 0 Å². The predicted octanol–water partition coefficient (Wildman–Crippen LogP) is -0.638. The maximum atomic E-state index is 12.0. The molecule has 2 heterocycles. The summed E-state index contributed by atoms with van der Waals surface area (Å²) in [6, 6.07) is -0.0473. The van der Waals surface area contributed by atoms with Gasteiger partial charge in [-0.05, 0) is 6.92 Å². The Morgan fingerprint density at radius 3 is 3.00 bits per heavy atom. The topological polar surface area (TPSA) is 73.0 Å². The summed E-state index contributed by atoms with van der Waals surface area (Å²) in [6.07, 6.45) is 4.23. The molecule has 6 nitrogen and oxygen atoms in total. The van der Waals surface area contributed by atoms with Crippen LogP contribution in [0.3, 0.4) is 0 Å². The summed E-state index contributed by atoms with van der Waals surface area (Å²) in [4.78, 5) is 21.1. The van der Waals surface area contributed by atoms with Crippen molar-refractivity contribution in [1.82, 2.24) is 25.5 Å². The van der Waals surface area contributed by atoms with Gasteiger partial charge in [0, 0.05) is 51.0 Å². The lowest BCUT2D eigenvalue weighted by Gasteiger charge is -2.31. The first-order valence-corrected chi connectivity index (χ1v) is 6.47. The Bertz CT molecular complexity index is 359. The number of nitrogens with zero attached hydrogens (tertiary/aromatic N) is 2. The van der Waals surface area contributed by atoms with Crippen LogP contribution in [0.5, 0.6) is 0 Å². The van der Waals surface area contributed by atoms with E-state index in [0.717, 1.165) is 38.3 Å². The molecule has 0 bridgehead atoms. The van der Waals surface area contributed by atoms with E-state index in [1.54, 1.807) is 12.5 Å². The summed E-state index contributed by atoms with van der Waals surface area (Å²) in [7, 11) is 0. The molecule has 0 spiro atoms. The molecule has 1 unspecified atom stereocenters. The van der Waals surface area contributed by atoms with Crippen LogP contribution >= 0.6 is 0 Å². The molecule has 100 valence electrons. The van der Waals surface area contributed by atoms with Gasteiger partial charge in [0.15, 0.2) is 0 Å². The summed E-state index contributed by atoms with van der Waals surface area (Å²) in [6.45, 7) is 6.43. The summed E-state index contributed by atoms with van der Waals surface area (Å²) >= 11 is 0. The van der Waals surface area contributed by atoms with E-state index in [2.05, 4.69) is 25.5 Å². The van der Waals surface area contributed by atoms with Crippen LogP contribution in [0.4, 0.5) is 0 Å². The monoisotopic (exact) mass is 251 g/mol. The Morgan fingerprint density at radius 2 is 2.33 bits per heavy atom. The zero-order valence-electron chi connectivity index (χ0n) is 10.8. The van der Waals surface area contributed by atoms with Crippen LogP contribution in [-0.2, 0) is 11.2 Å². The van der Waals surface area contributed by atoms with Crippen molar-refractivity contribution in [3.8, 4) is 0 Å². The lowest BCUT2D eigenvalue weighted by Crippen LogP contribution is -2.52. The molecule has 6 heteroatoms. The molecule has 1 aliphatic rings. The Labute approximate surface area is 107 Å². The maximum absolute atomic E-state index is 12.0. The zero-order valence-corrected chi connectivity index (χ0v) is 10.8. The number of piperazine rings is 1. The molecule has 1 amide bonds. The molecular formula is C12H21N5O. The Hall–Kier alpha value is -1.40. The minimum Gasteiger partial charge on any atom is -0.354 e. The number of imidazole rings is 1. The highest BCUT2D eigenvalue weighted by molar-refractivity contribution is 5.81. The van der Waals surface area contributed by atoms with Gasteiger partial charge in [0.2, 0.25) is 5.91 Å². The predicted molar refractivity (Wildman–Crippen MR) is 69.2 cm³/mol. The zero-order chi connectivity index (χ0) is 12.8. The molecule has 1 atom stereocenters. The molecule has 18 heavy (non-hydrogen) atoms. The van der Waals surface area contributed by atoms with Crippen molar-refractivity contribution in [2.75, 3.05) is 32.7 Å². The highest BCUT2D eigenvalue weighted by atomic mass is 16.2. The Kier molecular flexibility index (Phi) is 4.72. The number of aromatic amines is 1. The van der Waals surface area contributed by atoms with Gasteiger partial charge in [-0.1, -0.05) is 0 Å². The first-order valence-electron chi connectivity index (χ1n) is 6.47. The SMILES string of the molecule is CC(C(=O)NCCc1cnc[nH]1)N1CCNCC1. The quantitative estimate of drug-likeness (QED) is 0.651. The average molecular weight is 251 g/mol. The van der Waals surface area contributed by atoms with E-state index in [-0.39, 0.29) is 11.9 Å². The van der Waals surface area contributed by atoms with Crippen molar-refractivity contribution in [2.45, 2.75) is 19.4 Å². The van der Waals surface area contributed by atoms with Crippen molar-refractivity contribution >= 4 is 5.91 Å². The third kappa shape index (κ3) is 3.54. The van der Waals surface area contributed by atoms with E-state index < -0.39 is 0 Å². The normalized spacial score (nSPS) is 18.5. The van der Waals surface area contributed by atoms with E-state index in [4.69, 9.17) is 0 Å². The molecule has 3 N–H and O–H groups in total. The van der Waals surface area contributed by atoms with Crippen molar-refractivity contribution in [3.63, 3.8) is 0 Å². The number of rotatable bonds is 5. The highest BCUT2D eigenvalue weighted by Gasteiger charge is 2.21. The molecule has 1 aromatic rings. The van der Waals surface area contributed by atoms with E-state index in [1.165, 1.54) is 0 Å². The van der Waals surface area contributed by atoms with Gasteiger partial charge in [-0.2, -0.15) is 0 Å². The van der Waals surface area contributed by atoms with Crippen LogP contribution < -0.4 is 10.6 Å². The Balaban J connectivity index is 1.70. The van der Waals surface area contributed by atoms with Gasteiger partial charge in [0.05, 0.1) is 12.4 Å². The van der Waals surface area contributed by atoms with Gasteiger partial charge in [-0.3, -0.25) is 9.69 Å². The number of hydrogen-bond donors (Lipinski definition) is 3. The van der Waals surface area contributed by atoms with Crippen molar-refractivity contribution in [3.05, 3.63) is 18.2 Å².